The highest BCUT2D eigenvalue weighted by atomic mass is 35.5. The number of piperazine rings is 1. The van der Waals surface area contributed by atoms with Crippen molar-refractivity contribution in [1.29, 1.82) is 5.26 Å². The highest BCUT2D eigenvalue weighted by molar-refractivity contribution is 6.31. The van der Waals surface area contributed by atoms with E-state index in [0.717, 1.165) is 27.8 Å². The molecule has 2 heterocycles. The van der Waals surface area contributed by atoms with Gasteiger partial charge < -0.3 is 14.7 Å². The van der Waals surface area contributed by atoms with Crippen molar-refractivity contribution in [2.75, 3.05) is 19.7 Å². The first-order chi connectivity index (χ1) is 24.0. The van der Waals surface area contributed by atoms with Gasteiger partial charge in [0.25, 0.3) is 0 Å². The summed E-state index contributed by atoms with van der Waals surface area (Å²) >= 11 is 6.27. The van der Waals surface area contributed by atoms with E-state index in [1.54, 1.807) is 29.2 Å². The smallest absolute Gasteiger partial charge is 0.419 e. The fraction of sp³-hybridized carbons (Fsp3) is 0.250. The van der Waals surface area contributed by atoms with Gasteiger partial charge in [0.1, 0.15) is 11.7 Å². The lowest BCUT2D eigenvalue weighted by Gasteiger charge is -2.40. The van der Waals surface area contributed by atoms with Crippen LogP contribution < -0.4 is 0 Å². The molecule has 10 heteroatoms. The fourth-order valence-corrected chi connectivity index (χ4v) is 6.40. The van der Waals surface area contributed by atoms with E-state index in [1.165, 1.54) is 4.57 Å². The summed E-state index contributed by atoms with van der Waals surface area (Å²) < 4.78 is 7.25. The molecule has 0 aliphatic carbocycles. The number of fused-ring (bicyclic) bond motifs is 1. The summed E-state index contributed by atoms with van der Waals surface area (Å²) in [5, 5.41) is 21.8. The molecule has 0 bridgehead atoms. The molecule has 0 radical (unpaired) electrons. The maximum absolute atomic E-state index is 13.7. The van der Waals surface area contributed by atoms with E-state index in [1.807, 2.05) is 105 Å². The maximum Gasteiger partial charge on any atom is 0.419 e. The van der Waals surface area contributed by atoms with Crippen LogP contribution in [0.5, 0.6) is 0 Å². The van der Waals surface area contributed by atoms with Gasteiger partial charge in [0.2, 0.25) is 5.91 Å². The number of aliphatic hydroxyl groups excluding tert-OH is 1. The minimum Gasteiger partial charge on any atom is -0.443 e. The van der Waals surface area contributed by atoms with Crippen molar-refractivity contribution in [3.8, 4) is 6.07 Å². The molecule has 6 rings (SSSR count). The highest BCUT2D eigenvalue weighted by Crippen LogP contribution is 2.29. The number of carbonyl (C=O) groups is 2. The Hall–Kier alpha value is -5.27. The predicted octanol–water partition coefficient (Wildman–Crippen LogP) is 7.32. The maximum atomic E-state index is 13.7. The normalized spacial score (nSPS) is 15.2. The molecule has 0 spiro atoms. The van der Waals surface area contributed by atoms with E-state index in [9.17, 15) is 20.0 Å². The standard InChI is InChI=1S/C40H38ClN5O4/c1-40(2,3)50-39(49)46-33(20-31-19-32(41)16-17-36(31)46)23-44-24-34(26-47)45(37(48)25-44)22-27-14-15-30(21-42)35(18-27)43-38(28-10-6-4-7-11-28)29-12-8-5-9-13-29/h4-20,34,47H,22-26H2,1-3H3. The van der Waals surface area contributed by atoms with Crippen LogP contribution in [0.4, 0.5) is 10.5 Å². The van der Waals surface area contributed by atoms with Crippen LogP contribution in [-0.2, 0) is 22.6 Å². The largest absolute Gasteiger partial charge is 0.443 e. The van der Waals surface area contributed by atoms with Crippen molar-refractivity contribution in [3.63, 3.8) is 0 Å². The second kappa shape index (κ2) is 14.7. The van der Waals surface area contributed by atoms with Gasteiger partial charge in [0, 0.05) is 46.9 Å². The SMILES string of the molecule is CC(C)(C)OC(=O)n1c(CN2CC(=O)N(Cc3ccc(C#N)c(N=C(c4ccccc4)c4ccccc4)c3)C(CO)C2)cc2cc(Cl)ccc21. The average molecular weight is 688 g/mol. The Labute approximate surface area is 296 Å². The third-order valence-corrected chi connectivity index (χ3v) is 8.70. The lowest BCUT2D eigenvalue weighted by atomic mass is 10.0. The number of benzene rings is 4. The molecule has 1 saturated heterocycles. The van der Waals surface area contributed by atoms with Gasteiger partial charge in [-0.3, -0.25) is 9.69 Å². The van der Waals surface area contributed by atoms with E-state index < -0.39 is 17.7 Å². The van der Waals surface area contributed by atoms with Crippen molar-refractivity contribution >= 4 is 45.9 Å². The molecule has 1 atom stereocenters. The molecule has 1 N–H and O–H groups in total. The van der Waals surface area contributed by atoms with E-state index in [0.29, 0.717) is 34.0 Å². The topological polar surface area (TPSA) is 111 Å². The summed E-state index contributed by atoms with van der Waals surface area (Å²) in [6, 6.07) is 33.9. The first-order valence-electron chi connectivity index (χ1n) is 16.4. The third-order valence-electron chi connectivity index (χ3n) is 8.46. The van der Waals surface area contributed by atoms with Crippen LogP contribution in [0.15, 0.2) is 108 Å². The first-order valence-corrected chi connectivity index (χ1v) is 16.8. The quantitative estimate of drug-likeness (QED) is 0.171. The zero-order valence-electron chi connectivity index (χ0n) is 28.2. The molecular formula is C40H38ClN5O4. The summed E-state index contributed by atoms with van der Waals surface area (Å²) in [5.41, 5.74) is 4.84. The Bertz CT molecular complexity index is 2060. The van der Waals surface area contributed by atoms with Crippen molar-refractivity contribution in [2.45, 2.75) is 45.5 Å². The van der Waals surface area contributed by atoms with E-state index in [-0.39, 0.29) is 32.1 Å². The number of hydrogen-bond acceptors (Lipinski definition) is 7. The lowest BCUT2D eigenvalue weighted by Crippen LogP contribution is -2.57. The molecule has 1 fully saturated rings. The van der Waals surface area contributed by atoms with Gasteiger partial charge in [-0.25, -0.2) is 14.4 Å². The predicted molar refractivity (Wildman–Crippen MR) is 195 cm³/mol. The molecular weight excluding hydrogens is 650 g/mol. The van der Waals surface area contributed by atoms with Gasteiger partial charge >= 0.3 is 6.09 Å². The first kappa shape index (κ1) is 34.6. The molecule has 1 aromatic heterocycles. The van der Waals surface area contributed by atoms with Crippen molar-refractivity contribution in [2.24, 2.45) is 4.99 Å². The molecule has 5 aromatic rings. The Morgan fingerprint density at radius 3 is 2.26 bits per heavy atom. The van der Waals surface area contributed by atoms with Crippen LogP contribution in [0.2, 0.25) is 5.02 Å². The van der Waals surface area contributed by atoms with Crippen LogP contribution in [-0.4, -0.2) is 68.5 Å². The van der Waals surface area contributed by atoms with Crippen molar-refractivity contribution in [3.05, 3.63) is 136 Å². The minimum absolute atomic E-state index is 0.0839. The number of hydrogen-bond donors (Lipinski definition) is 1. The summed E-state index contributed by atoms with van der Waals surface area (Å²) in [4.78, 5) is 35.7. The Kier molecular flexibility index (Phi) is 10.2. The number of nitriles is 1. The van der Waals surface area contributed by atoms with E-state index in [4.69, 9.17) is 21.3 Å². The molecule has 1 unspecified atom stereocenters. The lowest BCUT2D eigenvalue weighted by molar-refractivity contribution is -0.142. The van der Waals surface area contributed by atoms with Crippen molar-refractivity contribution < 1.29 is 19.4 Å². The number of aliphatic imine (C=N–C) groups is 1. The van der Waals surface area contributed by atoms with Crippen LogP contribution >= 0.6 is 11.6 Å². The Morgan fingerprint density at radius 1 is 0.960 bits per heavy atom. The summed E-state index contributed by atoms with van der Waals surface area (Å²) in [7, 11) is 0. The summed E-state index contributed by atoms with van der Waals surface area (Å²) in [6.45, 7) is 6.16. The van der Waals surface area contributed by atoms with Crippen LogP contribution in [0.1, 0.15) is 48.7 Å². The molecule has 4 aromatic carbocycles. The molecule has 254 valence electrons. The molecule has 1 aliphatic rings. The highest BCUT2D eigenvalue weighted by Gasteiger charge is 2.33. The average Bonchev–Trinajstić information content (AvgIpc) is 3.45. The number of ether oxygens (including phenoxy) is 1. The van der Waals surface area contributed by atoms with E-state index >= 15 is 0 Å². The van der Waals surface area contributed by atoms with Gasteiger partial charge in [-0.15, -0.1) is 0 Å². The van der Waals surface area contributed by atoms with Gasteiger partial charge in [-0.1, -0.05) is 78.3 Å². The number of aliphatic hydroxyl groups is 1. The van der Waals surface area contributed by atoms with E-state index in [2.05, 4.69) is 6.07 Å². The van der Waals surface area contributed by atoms with Gasteiger partial charge in [0.15, 0.2) is 0 Å². The van der Waals surface area contributed by atoms with Crippen LogP contribution in [0.3, 0.4) is 0 Å². The fourth-order valence-electron chi connectivity index (χ4n) is 6.22. The number of nitrogens with zero attached hydrogens (tertiary/aromatic N) is 5. The number of halogens is 1. The molecule has 50 heavy (non-hydrogen) atoms. The minimum atomic E-state index is -0.706. The molecule has 1 aliphatic heterocycles. The third kappa shape index (κ3) is 7.79. The monoisotopic (exact) mass is 687 g/mol. The van der Waals surface area contributed by atoms with Gasteiger partial charge in [-0.05, 0) is 62.7 Å². The summed E-state index contributed by atoms with van der Waals surface area (Å²) in [6.07, 6.45) is -0.518. The Morgan fingerprint density at radius 2 is 1.64 bits per heavy atom. The molecule has 9 nitrogen and oxygen atoms in total. The zero-order chi connectivity index (χ0) is 35.4. The van der Waals surface area contributed by atoms with Crippen LogP contribution in [0.25, 0.3) is 10.9 Å². The second-order valence-corrected chi connectivity index (χ2v) is 13.8. The molecule has 1 amide bonds. The number of aromatic nitrogens is 1. The van der Waals surface area contributed by atoms with Crippen molar-refractivity contribution in [1.82, 2.24) is 14.4 Å². The zero-order valence-corrected chi connectivity index (χ0v) is 29.0. The Balaban J connectivity index is 1.26. The number of rotatable bonds is 8. The van der Waals surface area contributed by atoms with Crippen LogP contribution in [0, 0.1) is 11.3 Å². The summed E-state index contributed by atoms with van der Waals surface area (Å²) in [5.74, 6) is -0.165. The van der Waals surface area contributed by atoms with Gasteiger partial charge in [-0.2, -0.15) is 5.26 Å². The molecule has 0 saturated carbocycles. The second-order valence-electron chi connectivity index (χ2n) is 13.3. The van der Waals surface area contributed by atoms with Gasteiger partial charge in [0.05, 0.1) is 41.7 Å². The number of amides is 1. The number of carbonyl (C=O) groups excluding carboxylic acids is 2.